The molecule has 0 bridgehead atoms. The monoisotopic (exact) mass is 251 g/mol. The summed E-state index contributed by atoms with van der Waals surface area (Å²) in [6.45, 7) is 1.36. The molecule has 0 fully saturated rings. The number of imide groups is 1. The third-order valence-corrected chi connectivity index (χ3v) is 1.99. The van der Waals surface area contributed by atoms with Crippen molar-refractivity contribution in [1.29, 1.82) is 0 Å². The molecule has 7 nitrogen and oxygen atoms in total. The summed E-state index contributed by atoms with van der Waals surface area (Å²) in [7, 11) is 1.37. The summed E-state index contributed by atoms with van der Waals surface area (Å²) in [6.07, 6.45) is 0.350. The van der Waals surface area contributed by atoms with Crippen molar-refractivity contribution in [3.8, 4) is 0 Å². The molecule has 1 rings (SSSR count). The van der Waals surface area contributed by atoms with E-state index >= 15 is 0 Å². The van der Waals surface area contributed by atoms with Crippen LogP contribution in [0.2, 0.25) is 0 Å². The second-order valence-electron chi connectivity index (χ2n) is 3.33. The predicted octanol–water partition coefficient (Wildman–Crippen LogP) is 0.0825. The van der Waals surface area contributed by atoms with Gasteiger partial charge in [-0.2, -0.15) is 0 Å². The number of carbonyl (C=O) groups is 3. The minimum Gasteiger partial charge on any atom is -0.448 e. The highest BCUT2D eigenvalue weighted by Gasteiger charge is 2.20. The molecule has 0 unspecified atom stereocenters. The molecular formula is C11H13N3O4. The Balaban J connectivity index is 2.55. The topological polar surface area (TPSA) is 97.4 Å². The fraction of sp³-hybridized carbons (Fsp3) is 0.273. The number of hydrogen-bond donors (Lipinski definition) is 2. The van der Waals surface area contributed by atoms with E-state index in [1.165, 1.54) is 26.2 Å². The van der Waals surface area contributed by atoms with E-state index in [1.807, 2.05) is 5.32 Å². The predicted molar refractivity (Wildman–Crippen MR) is 61.7 cm³/mol. The van der Waals surface area contributed by atoms with Gasteiger partial charge in [0.1, 0.15) is 5.69 Å². The molecule has 0 saturated carbocycles. The molecule has 1 aromatic heterocycles. The average molecular weight is 251 g/mol. The molecule has 1 aromatic rings. The van der Waals surface area contributed by atoms with E-state index in [4.69, 9.17) is 4.74 Å². The quantitative estimate of drug-likeness (QED) is 0.741. The number of nitrogens with zero attached hydrogens (tertiary/aromatic N) is 1. The number of aromatic nitrogens is 1. The molecule has 0 aliphatic carbocycles. The molecule has 0 spiro atoms. The van der Waals surface area contributed by atoms with Crippen LogP contribution >= 0.6 is 0 Å². The largest absolute Gasteiger partial charge is 0.448 e. The molecule has 0 aliphatic heterocycles. The zero-order valence-corrected chi connectivity index (χ0v) is 9.97. The van der Waals surface area contributed by atoms with E-state index in [9.17, 15) is 14.4 Å². The van der Waals surface area contributed by atoms with Gasteiger partial charge in [-0.3, -0.25) is 10.1 Å². The Labute approximate surface area is 104 Å². The lowest BCUT2D eigenvalue weighted by Gasteiger charge is -2.12. The first-order valence-corrected chi connectivity index (χ1v) is 5.19. The van der Waals surface area contributed by atoms with E-state index in [0.29, 0.717) is 0 Å². The first-order chi connectivity index (χ1) is 8.54. The third-order valence-electron chi connectivity index (χ3n) is 1.99. The van der Waals surface area contributed by atoms with Crippen LogP contribution in [0.3, 0.4) is 0 Å². The van der Waals surface area contributed by atoms with Gasteiger partial charge in [-0.1, -0.05) is 6.07 Å². The smallest absolute Gasteiger partial charge is 0.357 e. The fourth-order valence-electron chi connectivity index (χ4n) is 1.03. The first kappa shape index (κ1) is 13.6. The Morgan fingerprint density at radius 3 is 2.61 bits per heavy atom. The number of nitrogens with one attached hydrogen (secondary N) is 2. The number of rotatable bonds is 3. The Hall–Kier alpha value is -2.44. The molecule has 18 heavy (non-hydrogen) atoms. The summed E-state index contributed by atoms with van der Waals surface area (Å²) in [5, 5.41) is 4.21. The zero-order chi connectivity index (χ0) is 13.5. The van der Waals surface area contributed by atoms with Gasteiger partial charge in [-0.15, -0.1) is 0 Å². The molecule has 0 radical (unpaired) electrons. The highest BCUT2D eigenvalue weighted by atomic mass is 16.5. The van der Waals surface area contributed by atoms with Crippen LogP contribution in [0, 0.1) is 0 Å². The SMILES string of the molecule is CNC(=O)NC(=O)[C@@H](C)OC(=O)c1ccccn1. The minimum atomic E-state index is -1.09. The Bertz CT molecular complexity index is 447. The van der Waals surface area contributed by atoms with Crippen molar-refractivity contribution in [2.24, 2.45) is 0 Å². The molecule has 96 valence electrons. The lowest BCUT2D eigenvalue weighted by molar-refractivity contribution is -0.127. The van der Waals surface area contributed by atoms with Gasteiger partial charge in [0.25, 0.3) is 5.91 Å². The van der Waals surface area contributed by atoms with Crippen LogP contribution in [-0.2, 0) is 9.53 Å². The van der Waals surface area contributed by atoms with Crippen LogP contribution in [0.15, 0.2) is 24.4 Å². The van der Waals surface area contributed by atoms with E-state index in [1.54, 1.807) is 12.1 Å². The standard InChI is InChI=1S/C11H13N3O4/c1-7(9(15)14-11(17)12-2)18-10(16)8-5-3-4-6-13-8/h3-7H,1-2H3,(H2,12,14,15,17)/t7-/m1/s1. The molecular weight excluding hydrogens is 238 g/mol. The van der Waals surface area contributed by atoms with Crippen LogP contribution in [0.5, 0.6) is 0 Å². The molecule has 1 atom stereocenters. The molecule has 1 heterocycles. The Kier molecular flexibility index (Phi) is 4.79. The van der Waals surface area contributed by atoms with Crippen molar-refractivity contribution in [2.45, 2.75) is 13.0 Å². The highest BCUT2D eigenvalue weighted by molar-refractivity contribution is 5.98. The zero-order valence-electron chi connectivity index (χ0n) is 9.97. The van der Waals surface area contributed by atoms with Crippen LogP contribution in [0.25, 0.3) is 0 Å². The summed E-state index contributed by atoms with van der Waals surface area (Å²) in [5.74, 6) is -1.44. The Morgan fingerprint density at radius 2 is 2.06 bits per heavy atom. The maximum atomic E-state index is 11.5. The van der Waals surface area contributed by atoms with E-state index < -0.39 is 24.0 Å². The molecule has 3 amide bonds. The summed E-state index contributed by atoms with van der Waals surface area (Å²) >= 11 is 0. The van der Waals surface area contributed by atoms with Crippen molar-refractivity contribution in [1.82, 2.24) is 15.6 Å². The number of hydrogen-bond acceptors (Lipinski definition) is 5. The van der Waals surface area contributed by atoms with Crippen molar-refractivity contribution < 1.29 is 19.1 Å². The van der Waals surface area contributed by atoms with Crippen molar-refractivity contribution in [2.75, 3.05) is 7.05 Å². The first-order valence-electron chi connectivity index (χ1n) is 5.19. The van der Waals surface area contributed by atoms with Crippen LogP contribution < -0.4 is 10.6 Å². The third kappa shape index (κ3) is 3.85. The van der Waals surface area contributed by atoms with E-state index in [0.717, 1.165) is 0 Å². The lowest BCUT2D eigenvalue weighted by Crippen LogP contribution is -2.43. The fourth-order valence-corrected chi connectivity index (χ4v) is 1.03. The van der Waals surface area contributed by atoms with E-state index in [2.05, 4.69) is 10.3 Å². The molecule has 0 aliphatic rings. The molecule has 7 heteroatoms. The van der Waals surface area contributed by atoms with Gasteiger partial charge < -0.3 is 10.1 Å². The van der Waals surface area contributed by atoms with Gasteiger partial charge in [-0.05, 0) is 19.1 Å². The number of amides is 3. The summed E-state index contributed by atoms with van der Waals surface area (Å²) in [4.78, 5) is 37.6. The number of pyridine rings is 1. The Morgan fingerprint density at radius 1 is 1.33 bits per heavy atom. The molecule has 0 saturated heterocycles. The van der Waals surface area contributed by atoms with Crippen molar-refractivity contribution in [3.05, 3.63) is 30.1 Å². The highest BCUT2D eigenvalue weighted by Crippen LogP contribution is 2.00. The summed E-state index contributed by atoms with van der Waals surface area (Å²) < 4.78 is 4.85. The normalized spacial score (nSPS) is 11.2. The number of ether oxygens (including phenoxy) is 1. The van der Waals surface area contributed by atoms with Gasteiger partial charge in [0.05, 0.1) is 0 Å². The maximum absolute atomic E-state index is 11.5. The lowest BCUT2D eigenvalue weighted by atomic mass is 10.3. The second kappa shape index (κ2) is 6.33. The summed E-state index contributed by atoms with van der Waals surface area (Å²) in [6, 6.07) is 4.07. The van der Waals surface area contributed by atoms with Gasteiger partial charge in [-0.25, -0.2) is 14.6 Å². The van der Waals surface area contributed by atoms with Gasteiger partial charge >= 0.3 is 12.0 Å². The van der Waals surface area contributed by atoms with Crippen molar-refractivity contribution >= 4 is 17.9 Å². The molecule has 0 aromatic carbocycles. The average Bonchev–Trinajstić information content (AvgIpc) is 2.39. The second-order valence-corrected chi connectivity index (χ2v) is 3.33. The number of urea groups is 1. The number of carbonyl (C=O) groups excluding carboxylic acids is 3. The van der Waals surface area contributed by atoms with Gasteiger partial charge in [0.15, 0.2) is 6.10 Å². The van der Waals surface area contributed by atoms with Gasteiger partial charge in [0, 0.05) is 13.2 Å². The summed E-state index contributed by atoms with van der Waals surface area (Å²) in [5.41, 5.74) is 0.0945. The van der Waals surface area contributed by atoms with Crippen LogP contribution in [0.1, 0.15) is 17.4 Å². The maximum Gasteiger partial charge on any atom is 0.357 e. The van der Waals surface area contributed by atoms with Crippen LogP contribution in [0.4, 0.5) is 4.79 Å². The number of esters is 1. The van der Waals surface area contributed by atoms with Gasteiger partial charge in [0.2, 0.25) is 0 Å². The van der Waals surface area contributed by atoms with Crippen LogP contribution in [-0.4, -0.2) is 36.0 Å². The van der Waals surface area contributed by atoms with E-state index in [-0.39, 0.29) is 5.69 Å². The van der Waals surface area contributed by atoms with Crippen molar-refractivity contribution in [3.63, 3.8) is 0 Å². The minimum absolute atomic E-state index is 0.0945. The molecule has 2 N–H and O–H groups in total.